The molecule has 0 aromatic heterocycles. The number of aliphatic hydroxyl groups is 1. The predicted octanol–water partition coefficient (Wildman–Crippen LogP) is 4.86. The molecule has 8 N–H and O–H groups in total. The lowest BCUT2D eigenvalue weighted by atomic mass is 9.81. The van der Waals surface area contributed by atoms with Gasteiger partial charge in [-0.25, -0.2) is 4.79 Å². The number of primary amides is 1. The van der Waals surface area contributed by atoms with Gasteiger partial charge in [-0.3, -0.25) is 19.2 Å². The van der Waals surface area contributed by atoms with Gasteiger partial charge in [-0.2, -0.15) is 0 Å². The highest BCUT2D eigenvalue weighted by atomic mass is 16.8. The van der Waals surface area contributed by atoms with Gasteiger partial charge in [0, 0.05) is 70.2 Å². The number of urea groups is 1. The van der Waals surface area contributed by atoms with E-state index in [1.165, 1.54) is 0 Å². The minimum absolute atomic E-state index is 0.00729. The zero-order valence-corrected chi connectivity index (χ0v) is 47.5. The van der Waals surface area contributed by atoms with Crippen molar-refractivity contribution in [3.63, 3.8) is 0 Å². The van der Waals surface area contributed by atoms with Crippen LogP contribution in [0.3, 0.4) is 0 Å². The van der Waals surface area contributed by atoms with Crippen LogP contribution in [-0.4, -0.2) is 164 Å². The second-order valence-corrected chi connectivity index (χ2v) is 24.8. The number of nitrogens with one attached hydrogen (secondary N) is 3. The van der Waals surface area contributed by atoms with E-state index in [4.69, 9.17) is 58.8 Å². The average Bonchev–Trinajstić information content (AvgIpc) is 2.27. The first-order chi connectivity index (χ1) is 38.8. The molecule has 10 heterocycles. The zero-order chi connectivity index (χ0) is 57.3. The number of amides is 4. The Morgan fingerprint density at radius 2 is 1.53 bits per heavy atom. The fraction of sp³-hybridized carbons (Fsp3) is 0.750. The first kappa shape index (κ1) is 59.8. The van der Waals surface area contributed by atoms with Crippen LogP contribution in [0.2, 0.25) is 0 Å². The number of nitrogens with two attached hydrogens (primary N) is 2. The maximum atomic E-state index is 14.5. The molecule has 12 bridgehead atoms. The lowest BCUT2D eigenvalue weighted by Gasteiger charge is -2.47. The summed E-state index contributed by atoms with van der Waals surface area (Å²) in [5.74, 6) is -2.60. The van der Waals surface area contributed by atoms with E-state index in [0.29, 0.717) is 43.4 Å². The van der Waals surface area contributed by atoms with Crippen molar-refractivity contribution in [3.8, 4) is 0 Å². The van der Waals surface area contributed by atoms with Crippen LogP contribution in [0.25, 0.3) is 0 Å². The molecule has 10 saturated heterocycles. The number of rotatable bonds is 17. The summed E-state index contributed by atoms with van der Waals surface area (Å²) in [5, 5.41) is 19.5. The summed E-state index contributed by atoms with van der Waals surface area (Å²) in [6, 6.07) is 4.29. The fourth-order valence-corrected chi connectivity index (χ4v) is 14.1. The lowest BCUT2D eigenvalue weighted by Crippen LogP contribution is -2.61. The molecule has 0 saturated carbocycles. The molecule has 1 spiro atoms. The number of Topliss-reactive ketones (excluding diaryl/α,β-unsaturated/α-hetero) is 1. The van der Waals surface area contributed by atoms with E-state index >= 15 is 0 Å². The fourth-order valence-electron chi connectivity index (χ4n) is 14.1. The van der Waals surface area contributed by atoms with E-state index in [1.807, 2.05) is 0 Å². The number of ether oxygens (including phenoxy) is 10. The number of carbonyl (C=O) groups is 5. The van der Waals surface area contributed by atoms with E-state index in [2.05, 4.69) is 36.0 Å². The average molecular weight is 1130 g/mol. The Hall–Kier alpha value is -4.39. The Kier molecular flexibility index (Phi) is 19.1. The minimum Gasteiger partial charge on any atom is -0.461 e. The molecule has 448 valence electrons. The Morgan fingerprint density at radius 3 is 2.30 bits per heavy atom. The molecule has 10 aliphatic rings. The van der Waals surface area contributed by atoms with Crippen LogP contribution in [0.1, 0.15) is 135 Å². The quantitative estimate of drug-likeness (QED) is 0.0690. The molecule has 1 aromatic rings. The summed E-state index contributed by atoms with van der Waals surface area (Å²) in [7, 11) is 1.61. The van der Waals surface area contributed by atoms with Crippen molar-refractivity contribution in [3.05, 3.63) is 54.1 Å². The largest absolute Gasteiger partial charge is 0.461 e. The normalized spacial score (nSPS) is 38.4. The first-order valence-corrected chi connectivity index (χ1v) is 29.8. The topological polar surface area (TPSA) is 286 Å². The molecule has 81 heavy (non-hydrogen) atoms. The Balaban J connectivity index is 0.762. The van der Waals surface area contributed by atoms with Gasteiger partial charge >= 0.3 is 12.0 Å². The van der Waals surface area contributed by atoms with E-state index < -0.39 is 78.3 Å². The summed E-state index contributed by atoms with van der Waals surface area (Å²) in [6.45, 7) is 14.9. The number of anilines is 1. The minimum atomic E-state index is -0.956. The van der Waals surface area contributed by atoms with Crippen LogP contribution in [-0.2, 0) is 73.2 Å². The van der Waals surface area contributed by atoms with Gasteiger partial charge in [-0.15, -0.1) is 0 Å². The number of aliphatic hydroxyl groups excluding tert-OH is 1. The highest BCUT2D eigenvalue weighted by molar-refractivity contribution is 5.97. The summed E-state index contributed by atoms with van der Waals surface area (Å²) in [4.78, 5) is 64.9. The van der Waals surface area contributed by atoms with Crippen molar-refractivity contribution in [2.75, 3.05) is 19.0 Å². The molecule has 4 amide bonds. The van der Waals surface area contributed by atoms with Crippen molar-refractivity contribution in [2.45, 2.75) is 252 Å². The molecule has 11 rings (SSSR count). The second kappa shape index (κ2) is 25.8. The molecular formula is C60H87N5O16. The van der Waals surface area contributed by atoms with E-state index in [9.17, 15) is 29.1 Å². The molecule has 21 atom stereocenters. The number of ketones is 1. The van der Waals surface area contributed by atoms with Crippen molar-refractivity contribution >= 4 is 35.3 Å². The number of fused-ring (bicyclic) bond motifs is 6. The first-order valence-electron chi connectivity index (χ1n) is 29.8. The van der Waals surface area contributed by atoms with Crippen molar-refractivity contribution in [1.29, 1.82) is 0 Å². The lowest BCUT2D eigenvalue weighted by molar-refractivity contribution is -0.292. The number of methoxy groups -OCH3 is 1. The van der Waals surface area contributed by atoms with Gasteiger partial charge in [0.25, 0.3) is 0 Å². The molecule has 21 heteroatoms. The smallest absolute Gasteiger partial charge is 0.312 e. The van der Waals surface area contributed by atoms with Gasteiger partial charge in [0.05, 0.1) is 73.2 Å². The molecule has 10 fully saturated rings. The van der Waals surface area contributed by atoms with Crippen LogP contribution >= 0.6 is 0 Å². The van der Waals surface area contributed by atoms with Crippen LogP contribution in [0.5, 0.6) is 0 Å². The van der Waals surface area contributed by atoms with Crippen molar-refractivity contribution < 1.29 is 76.4 Å². The third kappa shape index (κ3) is 13.9. The number of benzene rings is 1. The monoisotopic (exact) mass is 1130 g/mol. The maximum absolute atomic E-state index is 14.5. The Labute approximate surface area is 475 Å². The summed E-state index contributed by atoms with van der Waals surface area (Å²) < 4.78 is 66.4. The molecule has 0 radical (unpaired) electrons. The number of hydrogen-bond donors (Lipinski definition) is 6. The Morgan fingerprint density at radius 1 is 0.802 bits per heavy atom. The zero-order valence-electron chi connectivity index (χ0n) is 47.5. The van der Waals surface area contributed by atoms with Gasteiger partial charge in [-0.1, -0.05) is 46.1 Å². The standard InChI is InChI=1S/C60H87N5O16/c1-30(2)50(61)58(70)65-42(8-7-21-63-59(62)71)57(69)64-35-11-9-34(10-12-35)29-73-49(68)18-13-36(66)26-47-51(72-6)41-25-37(67)24-39-15-17-44-52(76-39)56-55-54(78-44)53-48(79-55)28-60(80-53,81-56)20-19-40-23-32(4)43(74-40)16-14-38-22-31(3)33(5)45(75-38)27-46(41)77-47/h9-12,30-31,36,38-48,50-56,66H,4-5,7-8,13-29,61H2,1-3,6H3,(H,64,69)(H,65,70)(H3,62,63,71)/t31-,36-,38+,39-,40+,41?,42+,43?,44+,45?,46?,47-,48-,50+,51-,52+,53?,54+,55-,56+,60+/m1/s1. The number of hydrogen-bond acceptors (Lipinski definition) is 17. The van der Waals surface area contributed by atoms with E-state index in [1.54, 1.807) is 45.2 Å². The van der Waals surface area contributed by atoms with Crippen molar-refractivity contribution in [1.82, 2.24) is 10.6 Å². The third-order valence-corrected chi connectivity index (χ3v) is 18.6. The van der Waals surface area contributed by atoms with Gasteiger partial charge in [-0.05, 0) is 105 Å². The van der Waals surface area contributed by atoms with Crippen molar-refractivity contribution in [2.24, 2.45) is 29.2 Å². The van der Waals surface area contributed by atoms with Gasteiger partial charge in [0.15, 0.2) is 5.79 Å². The maximum Gasteiger partial charge on any atom is 0.312 e. The summed E-state index contributed by atoms with van der Waals surface area (Å²) >= 11 is 0. The predicted molar refractivity (Wildman–Crippen MR) is 293 cm³/mol. The number of carbonyl (C=O) groups excluding carboxylic acids is 5. The van der Waals surface area contributed by atoms with Gasteiger partial charge in [0.1, 0.15) is 49.0 Å². The summed E-state index contributed by atoms with van der Waals surface area (Å²) in [6.07, 6.45) is 2.86. The van der Waals surface area contributed by atoms with E-state index in [0.717, 1.165) is 49.7 Å². The molecule has 21 nitrogen and oxygen atoms in total. The highest BCUT2D eigenvalue weighted by Gasteiger charge is 2.69. The van der Waals surface area contributed by atoms with E-state index in [-0.39, 0.29) is 136 Å². The van der Waals surface area contributed by atoms with Gasteiger partial charge < -0.3 is 79.9 Å². The molecule has 1 aromatic carbocycles. The second-order valence-electron chi connectivity index (χ2n) is 24.8. The number of esters is 1. The SMILES string of the molecule is C=C1C[C@@H]2CC[C@@]34C[C@H]5O[C@H]6[C@@H](O3)[C@H]3O[C@H](CC[C@@H]3O[C@H]6C5O4)CC(=O)CC3C(CC4O[C@@H](CCC1O2)C[C@@H](C)C4=C)O[C@H](C[C@H](O)CCC(=O)OCc1ccc(NC(=O)[C@H](CCCNC(N)=O)NC(=O)[C@@H](N)C(C)C)cc1)[C@@H]3OC. The Bertz CT molecular complexity index is 2450. The third-order valence-electron chi connectivity index (χ3n) is 18.6. The van der Waals surface area contributed by atoms with Crippen LogP contribution in [0.15, 0.2) is 48.6 Å². The molecule has 10 aliphatic heterocycles. The van der Waals surface area contributed by atoms with Crippen LogP contribution < -0.4 is 27.4 Å². The molecule has 5 unspecified atom stereocenters. The summed E-state index contributed by atoms with van der Waals surface area (Å²) in [5.41, 5.74) is 14.4. The highest BCUT2D eigenvalue weighted by Crippen LogP contribution is 2.54. The van der Waals surface area contributed by atoms with Gasteiger partial charge in [0.2, 0.25) is 11.8 Å². The molecule has 0 aliphatic carbocycles. The van der Waals surface area contributed by atoms with Crippen LogP contribution in [0.4, 0.5) is 10.5 Å². The van der Waals surface area contributed by atoms with Crippen LogP contribution in [0, 0.1) is 17.8 Å². The molecular weight excluding hydrogens is 1050 g/mol.